The van der Waals surface area contributed by atoms with Gasteiger partial charge in [-0.05, 0) is 6.92 Å². The molecule has 1 N–H and O–H groups in total. The number of carbonyl (C=O) groups excluding carboxylic acids is 1. The fourth-order valence-electron chi connectivity index (χ4n) is 1.06. The summed E-state index contributed by atoms with van der Waals surface area (Å²) >= 11 is 10.8. The highest BCUT2D eigenvalue weighted by atomic mass is 35.5. The number of amides is 1. The largest absolute Gasteiger partial charge is 0.353 e. The van der Waals surface area contributed by atoms with Crippen molar-refractivity contribution < 1.29 is 14.3 Å². The molecule has 0 atom stereocenters. The topological polar surface area (TPSA) is 47.6 Å². The van der Waals surface area contributed by atoms with E-state index in [1.807, 2.05) is 0 Å². The highest BCUT2D eigenvalue weighted by molar-refractivity contribution is 6.53. The highest BCUT2D eigenvalue weighted by Gasteiger charge is 2.31. The van der Waals surface area contributed by atoms with Crippen LogP contribution >= 0.6 is 23.2 Å². The maximum absolute atomic E-state index is 11.1. The molecule has 0 aromatic heterocycles. The third-order valence-electron chi connectivity index (χ3n) is 1.63. The zero-order valence-corrected chi connectivity index (χ0v) is 8.69. The molecule has 0 aromatic rings. The van der Waals surface area contributed by atoms with Gasteiger partial charge >= 0.3 is 0 Å². The Balaban J connectivity index is 2.45. The molecule has 0 aromatic carbocycles. The third-order valence-corrected chi connectivity index (χ3v) is 2.03. The minimum atomic E-state index is -1.06. The lowest BCUT2D eigenvalue weighted by Crippen LogP contribution is -2.56. The van der Waals surface area contributed by atoms with Gasteiger partial charge in [-0.15, -0.1) is 0 Å². The van der Waals surface area contributed by atoms with Gasteiger partial charge in [0.2, 0.25) is 0 Å². The van der Waals surface area contributed by atoms with Gasteiger partial charge in [-0.3, -0.25) is 4.79 Å². The summed E-state index contributed by atoms with van der Waals surface area (Å²) in [5.74, 6) is -0.431. The van der Waals surface area contributed by atoms with E-state index in [1.165, 1.54) is 0 Å². The van der Waals surface area contributed by atoms with Crippen LogP contribution in [0.2, 0.25) is 0 Å². The van der Waals surface area contributed by atoms with Crippen LogP contribution in [-0.2, 0) is 14.3 Å². The minimum absolute atomic E-state index is 0.261. The Bertz CT molecular complexity index is 192. The monoisotopic (exact) mass is 227 g/mol. The molecule has 4 nitrogen and oxygen atoms in total. The van der Waals surface area contributed by atoms with Crippen molar-refractivity contribution in [2.75, 3.05) is 20.0 Å². The van der Waals surface area contributed by atoms with Crippen LogP contribution in [0.3, 0.4) is 0 Å². The van der Waals surface area contributed by atoms with Crippen molar-refractivity contribution in [3.05, 3.63) is 0 Å². The predicted molar refractivity (Wildman–Crippen MR) is 48.8 cm³/mol. The Morgan fingerprint density at radius 1 is 1.46 bits per heavy atom. The molecular formula is C7H11Cl2NO3. The van der Waals surface area contributed by atoms with E-state index >= 15 is 0 Å². The van der Waals surface area contributed by atoms with E-state index < -0.39 is 16.3 Å². The van der Waals surface area contributed by atoms with Crippen LogP contribution in [0.5, 0.6) is 0 Å². The lowest BCUT2D eigenvalue weighted by Gasteiger charge is -2.34. The molecule has 1 rings (SSSR count). The van der Waals surface area contributed by atoms with Gasteiger partial charge in [0, 0.05) is 0 Å². The third kappa shape index (κ3) is 3.31. The molecule has 1 saturated heterocycles. The van der Waals surface area contributed by atoms with Gasteiger partial charge in [-0.1, -0.05) is 23.2 Å². The Morgan fingerprint density at radius 3 is 2.46 bits per heavy atom. The van der Waals surface area contributed by atoms with Crippen LogP contribution in [0.4, 0.5) is 0 Å². The van der Waals surface area contributed by atoms with E-state index in [1.54, 1.807) is 6.92 Å². The first-order chi connectivity index (χ1) is 6.03. The van der Waals surface area contributed by atoms with Gasteiger partial charge in [0.1, 0.15) is 6.79 Å². The number of rotatable bonds is 2. The summed E-state index contributed by atoms with van der Waals surface area (Å²) in [4.78, 5) is 10.1. The molecule has 1 fully saturated rings. The number of alkyl halides is 2. The number of hydrogen-bond acceptors (Lipinski definition) is 3. The van der Waals surface area contributed by atoms with E-state index in [4.69, 9.17) is 32.7 Å². The molecule has 1 amide bonds. The molecule has 1 aliphatic rings. The van der Waals surface area contributed by atoms with E-state index in [0.717, 1.165) is 0 Å². The van der Waals surface area contributed by atoms with Gasteiger partial charge in [0.05, 0.1) is 18.8 Å². The molecule has 0 aliphatic carbocycles. The molecule has 0 radical (unpaired) electrons. The van der Waals surface area contributed by atoms with E-state index in [-0.39, 0.29) is 6.79 Å². The Hall–Kier alpha value is -0.0300. The zero-order chi connectivity index (χ0) is 9.90. The molecule has 0 saturated carbocycles. The standard InChI is InChI=1S/C7H11Cl2NO3/c1-7(2-12-4-13-3-7)10-6(11)5(8)9/h5H,2-4H2,1H3,(H,10,11). The minimum Gasteiger partial charge on any atom is -0.353 e. The van der Waals surface area contributed by atoms with Gasteiger partial charge in [-0.2, -0.15) is 0 Å². The fourth-order valence-corrected chi connectivity index (χ4v) is 1.17. The molecule has 1 heterocycles. The summed E-state index contributed by atoms with van der Waals surface area (Å²) in [6.07, 6.45) is 0. The van der Waals surface area contributed by atoms with Crippen LogP contribution in [-0.4, -0.2) is 36.3 Å². The highest BCUT2D eigenvalue weighted by Crippen LogP contribution is 2.12. The van der Waals surface area contributed by atoms with Crippen molar-refractivity contribution in [1.82, 2.24) is 5.32 Å². The Kier molecular flexibility index (Phi) is 3.79. The second-order valence-corrected chi connectivity index (χ2v) is 4.26. The summed E-state index contributed by atoms with van der Waals surface area (Å²) in [5.41, 5.74) is -0.530. The van der Waals surface area contributed by atoms with E-state index in [9.17, 15) is 4.79 Å². The maximum Gasteiger partial charge on any atom is 0.253 e. The molecule has 0 unspecified atom stereocenters. The summed E-state index contributed by atoms with van der Waals surface area (Å²) in [5, 5.41) is 2.64. The van der Waals surface area contributed by atoms with Crippen molar-refractivity contribution in [2.45, 2.75) is 17.3 Å². The number of nitrogens with one attached hydrogen (secondary N) is 1. The summed E-state index contributed by atoms with van der Waals surface area (Å²) in [6.45, 7) is 2.87. The molecule has 6 heteroatoms. The lowest BCUT2D eigenvalue weighted by molar-refractivity contribution is -0.148. The Labute approximate surface area is 86.5 Å². The first kappa shape index (κ1) is 11.0. The van der Waals surface area contributed by atoms with Crippen LogP contribution in [0.1, 0.15) is 6.92 Å². The normalized spacial score (nSPS) is 21.5. The second kappa shape index (κ2) is 4.46. The second-order valence-electron chi connectivity index (χ2n) is 3.17. The van der Waals surface area contributed by atoms with E-state index in [2.05, 4.69) is 5.32 Å². The molecular weight excluding hydrogens is 217 g/mol. The van der Waals surface area contributed by atoms with Gasteiger partial charge in [0.25, 0.3) is 5.91 Å². The maximum atomic E-state index is 11.1. The lowest BCUT2D eigenvalue weighted by atomic mass is 10.1. The average Bonchev–Trinajstić information content (AvgIpc) is 2.04. The molecule has 1 aliphatic heterocycles. The Morgan fingerprint density at radius 2 is 2.00 bits per heavy atom. The van der Waals surface area contributed by atoms with Crippen LogP contribution < -0.4 is 5.32 Å². The van der Waals surface area contributed by atoms with Crippen LogP contribution in [0.15, 0.2) is 0 Å². The summed E-state index contributed by atoms with van der Waals surface area (Å²) in [6, 6.07) is 0. The van der Waals surface area contributed by atoms with Crippen molar-refractivity contribution in [3.63, 3.8) is 0 Å². The number of carbonyl (C=O) groups is 1. The molecule has 0 bridgehead atoms. The van der Waals surface area contributed by atoms with E-state index in [0.29, 0.717) is 13.2 Å². The van der Waals surface area contributed by atoms with Crippen LogP contribution in [0.25, 0.3) is 0 Å². The average molecular weight is 228 g/mol. The first-order valence-electron chi connectivity index (χ1n) is 3.79. The molecule has 13 heavy (non-hydrogen) atoms. The number of ether oxygens (including phenoxy) is 2. The smallest absolute Gasteiger partial charge is 0.253 e. The number of halogens is 2. The van der Waals surface area contributed by atoms with Gasteiger partial charge < -0.3 is 14.8 Å². The van der Waals surface area contributed by atoms with Gasteiger partial charge in [-0.25, -0.2) is 0 Å². The van der Waals surface area contributed by atoms with Crippen molar-refractivity contribution in [3.8, 4) is 0 Å². The van der Waals surface area contributed by atoms with Crippen LogP contribution in [0, 0.1) is 0 Å². The number of hydrogen-bond donors (Lipinski definition) is 1. The van der Waals surface area contributed by atoms with Gasteiger partial charge in [0.15, 0.2) is 4.84 Å². The fraction of sp³-hybridized carbons (Fsp3) is 0.857. The summed E-state index contributed by atoms with van der Waals surface area (Å²) in [7, 11) is 0. The quantitative estimate of drug-likeness (QED) is 0.706. The zero-order valence-electron chi connectivity index (χ0n) is 7.18. The van der Waals surface area contributed by atoms with Crippen molar-refractivity contribution in [2.24, 2.45) is 0 Å². The molecule has 76 valence electrons. The first-order valence-corrected chi connectivity index (χ1v) is 4.66. The molecule has 0 spiro atoms. The predicted octanol–water partition coefficient (Wildman–Crippen LogP) is 0.669. The summed E-state index contributed by atoms with van der Waals surface area (Å²) < 4.78 is 10.1. The SMILES string of the molecule is CC1(NC(=O)C(Cl)Cl)COCOC1. The van der Waals surface area contributed by atoms with Crippen molar-refractivity contribution >= 4 is 29.1 Å². The van der Waals surface area contributed by atoms with Crippen molar-refractivity contribution in [1.29, 1.82) is 0 Å².